The third-order valence-electron chi connectivity index (χ3n) is 2.65. The smallest absolute Gasteiger partial charge is 0.215 e. The van der Waals surface area contributed by atoms with Gasteiger partial charge >= 0.3 is 0 Å². The number of primary sulfonamides is 1. The Labute approximate surface area is 122 Å². The second kappa shape index (κ2) is 6.45. The number of hydrogen-bond donors (Lipinski definition) is 2. The van der Waals surface area contributed by atoms with Crippen molar-refractivity contribution in [2.24, 2.45) is 5.14 Å². The van der Waals surface area contributed by atoms with E-state index in [0.29, 0.717) is 11.6 Å². The van der Waals surface area contributed by atoms with Gasteiger partial charge < -0.3 is 5.32 Å². The van der Waals surface area contributed by atoms with Gasteiger partial charge in [0.05, 0.1) is 5.69 Å². The summed E-state index contributed by atoms with van der Waals surface area (Å²) in [5.41, 5.74) is 1.81. The van der Waals surface area contributed by atoms with Crippen LogP contribution in [-0.2, 0) is 22.3 Å². The summed E-state index contributed by atoms with van der Waals surface area (Å²) >= 11 is 1.39. The fourth-order valence-corrected chi connectivity index (χ4v) is 3.81. The molecule has 0 aliphatic rings. The quantitative estimate of drug-likeness (QED) is 0.850. The summed E-state index contributed by atoms with van der Waals surface area (Å²) in [6.07, 6.45) is 0. The number of nitrogens with zero attached hydrogens (tertiary/aromatic N) is 1. The van der Waals surface area contributed by atoms with E-state index in [0.717, 1.165) is 22.7 Å². The molecule has 0 fully saturated rings. The molecule has 0 aliphatic carbocycles. The molecule has 0 radical (unpaired) electrons. The van der Waals surface area contributed by atoms with Crippen molar-refractivity contribution in [3.8, 4) is 11.3 Å². The van der Waals surface area contributed by atoms with Crippen molar-refractivity contribution < 1.29 is 8.42 Å². The molecule has 20 heavy (non-hydrogen) atoms. The van der Waals surface area contributed by atoms with Gasteiger partial charge in [-0.2, -0.15) is 0 Å². The van der Waals surface area contributed by atoms with Gasteiger partial charge in [0.1, 0.15) is 10.8 Å². The number of thiazole rings is 1. The zero-order chi connectivity index (χ0) is 14.6. The number of nitrogens with one attached hydrogen (secondary N) is 1. The Morgan fingerprint density at radius 3 is 2.60 bits per heavy atom. The zero-order valence-electron chi connectivity index (χ0n) is 11.2. The average Bonchev–Trinajstić information content (AvgIpc) is 2.78. The molecule has 1 aromatic heterocycles. The van der Waals surface area contributed by atoms with Crippen molar-refractivity contribution in [1.29, 1.82) is 0 Å². The second-order valence-corrected chi connectivity index (χ2v) is 7.12. The predicted octanol–water partition coefficient (Wildman–Crippen LogP) is 1.71. The van der Waals surface area contributed by atoms with E-state index in [1.165, 1.54) is 11.3 Å². The van der Waals surface area contributed by atoms with Crippen LogP contribution in [0.15, 0.2) is 30.3 Å². The molecular weight excluding hydrogens is 294 g/mol. The molecular formula is C13H17N3O2S2. The lowest BCUT2D eigenvalue weighted by atomic mass is 10.1. The summed E-state index contributed by atoms with van der Waals surface area (Å²) in [4.78, 5) is 5.46. The molecule has 2 aromatic rings. The predicted molar refractivity (Wildman–Crippen MR) is 81.7 cm³/mol. The molecule has 0 atom stereocenters. The van der Waals surface area contributed by atoms with Crippen molar-refractivity contribution in [3.05, 3.63) is 40.2 Å². The molecule has 1 heterocycles. The third-order valence-corrected chi connectivity index (χ3v) is 4.56. The van der Waals surface area contributed by atoms with E-state index in [4.69, 9.17) is 5.14 Å². The molecule has 3 N–H and O–H groups in total. The minimum Gasteiger partial charge on any atom is -0.312 e. The molecule has 0 amide bonds. The summed E-state index contributed by atoms with van der Waals surface area (Å²) < 4.78 is 22.4. The average molecular weight is 311 g/mol. The van der Waals surface area contributed by atoms with Gasteiger partial charge in [-0.3, -0.25) is 0 Å². The lowest BCUT2D eigenvalue weighted by molar-refractivity contribution is 0.597. The standard InChI is InChI=1S/C13H17N3O2S2/c1-2-15-8-11-13(10-6-4-3-5-7-10)16-12(19-11)9-20(14,17)18/h3-7,15H,2,8-9H2,1H3,(H2,14,17,18). The molecule has 0 spiro atoms. The lowest BCUT2D eigenvalue weighted by Crippen LogP contribution is -2.14. The van der Waals surface area contributed by atoms with Crippen LogP contribution in [0.3, 0.4) is 0 Å². The maximum Gasteiger partial charge on any atom is 0.215 e. The maximum atomic E-state index is 11.2. The van der Waals surface area contributed by atoms with Crippen LogP contribution in [0.2, 0.25) is 0 Å². The summed E-state index contributed by atoms with van der Waals surface area (Å²) in [7, 11) is -3.56. The van der Waals surface area contributed by atoms with Gasteiger partial charge in [-0.1, -0.05) is 37.3 Å². The van der Waals surface area contributed by atoms with Crippen molar-refractivity contribution in [2.75, 3.05) is 6.54 Å². The van der Waals surface area contributed by atoms with Crippen LogP contribution < -0.4 is 10.5 Å². The van der Waals surface area contributed by atoms with Gasteiger partial charge in [0, 0.05) is 17.0 Å². The van der Waals surface area contributed by atoms with Gasteiger partial charge in [-0.05, 0) is 6.54 Å². The van der Waals surface area contributed by atoms with Gasteiger partial charge in [0.2, 0.25) is 10.0 Å². The molecule has 0 saturated carbocycles. The normalized spacial score (nSPS) is 11.7. The molecule has 108 valence electrons. The van der Waals surface area contributed by atoms with Crippen molar-refractivity contribution in [3.63, 3.8) is 0 Å². The van der Waals surface area contributed by atoms with Crippen LogP contribution in [-0.4, -0.2) is 19.9 Å². The first-order chi connectivity index (χ1) is 9.49. The Hall–Kier alpha value is -1.28. The van der Waals surface area contributed by atoms with E-state index >= 15 is 0 Å². The first kappa shape index (κ1) is 15.1. The minimum absolute atomic E-state index is 0.219. The van der Waals surface area contributed by atoms with Crippen LogP contribution in [0, 0.1) is 0 Å². The minimum atomic E-state index is -3.56. The maximum absolute atomic E-state index is 11.2. The van der Waals surface area contributed by atoms with Crippen LogP contribution >= 0.6 is 11.3 Å². The first-order valence-electron chi connectivity index (χ1n) is 6.25. The molecule has 2 rings (SSSR count). The fourth-order valence-electron chi connectivity index (χ4n) is 1.81. The van der Waals surface area contributed by atoms with E-state index in [2.05, 4.69) is 10.3 Å². The first-order valence-corrected chi connectivity index (χ1v) is 8.78. The highest BCUT2D eigenvalue weighted by Crippen LogP contribution is 2.28. The number of benzene rings is 1. The summed E-state index contributed by atoms with van der Waals surface area (Å²) in [6.45, 7) is 3.54. The highest BCUT2D eigenvalue weighted by Gasteiger charge is 2.15. The Bertz CT molecular complexity index is 666. The van der Waals surface area contributed by atoms with Gasteiger partial charge in [0.15, 0.2) is 0 Å². The fraction of sp³-hybridized carbons (Fsp3) is 0.308. The van der Waals surface area contributed by atoms with Crippen molar-refractivity contribution in [1.82, 2.24) is 10.3 Å². The van der Waals surface area contributed by atoms with E-state index in [-0.39, 0.29) is 5.75 Å². The third kappa shape index (κ3) is 4.11. The van der Waals surface area contributed by atoms with Gasteiger partial charge in [0.25, 0.3) is 0 Å². The molecule has 0 saturated heterocycles. The number of aromatic nitrogens is 1. The summed E-state index contributed by atoms with van der Waals surface area (Å²) in [5.74, 6) is -0.219. The second-order valence-electron chi connectivity index (χ2n) is 4.33. The van der Waals surface area contributed by atoms with Crippen LogP contribution in [0.4, 0.5) is 0 Å². The van der Waals surface area contributed by atoms with E-state index in [1.54, 1.807) is 0 Å². The van der Waals surface area contributed by atoms with E-state index in [1.807, 2.05) is 37.3 Å². The van der Waals surface area contributed by atoms with E-state index in [9.17, 15) is 8.42 Å². The zero-order valence-corrected chi connectivity index (χ0v) is 12.8. The molecule has 0 bridgehead atoms. The topological polar surface area (TPSA) is 85.1 Å². The molecule has 0 unspecified atom stereocenters. The largest absolute Gasteiger partial charge is 0.312 e. The van der Waals surface area contributed by atoms with Crippen LogP contribution in [0.5, 0.6) is 0 Å². The number of rotatable bonds is 6. The summed E-state index contributed by atoms with van der Waals surface area (Å²) in [6, 6.07) is 9.73. The lowest BCUT2D eigenvalue weighted by Gasteiger charge is -2.02. The number of hydrogen-bond acceptors (Lipinski definition) is 5. The van der Waals surface area contributed by atoms with Crippen molar-refractivity contribution >= 4 is 21.4 Å². The Kier molecular flexibility index (Phi) is 4.87. The highest BCUT2D eigenvalue weighted by atomic mass is 32.2. The van der Waals surface area contributed by atoms with Gasteiger partial charge in [-0.25, -0.2) is 18.5 Å². The summed E-state index contributed by atoms with van der Waals surface area (Å²) in [5, 5.41) is 8.86. The van der Waals surface area contributed by atoms with Crippen molar-refractivity contribution in [2.45, 2.75) is 19.2 Å². The van der Waals surface area contributed by atoms with Crippen LogP contribution in [0.25, 0.3) is 11.3 Å². The molecule has 0 aliphatic heterocycles. The Morgan fingerprint density at radius 1 is 1.30 bits per heavy atom. The van der Waals surface area contributed by atoms with Crippen LogP contribution in [0.1, 0.15) is 16.8 Å². The van der Waals surface area contributed by atoms with Gasteiger partial charge in [-0.15, -0.1) is 11.3 Å². The van der Waals surface area contributed by atoms with E-state index < -0.39 is 10.0 Å². The highest BCUT2D eigenvalue weighted by molar-refractivity contribution is 7.88. The monoisotopic (exact) mass is 311 g/mol. The molecule has 1 aromatic carbocycles. The number of sulfonamides is 1. The molecule has 7 heteroatoms. The SMILES string of the molecule is CCNCc1sc(CS(N)(=O)=O)nc1-c1ccccc1. The Balaban J connectivity index is 2.37. The molecule has 5 nitrogen and oxygen atoms in total. The number of nitrogens with two attached hydrogens (primary N) is 1. The Morgan fingerprint density at radius 2 is 2.00 bits per heavy atom.